The van der Waals surface area contributed by atoms with Crippen LogP contribution in [-0.4, -0.2) is 11.7 Å². The number of ether oxygens (including phenoxy) is 2. The summed E-state index contributed by atoms with van der Waals surface area (Å²) in [6.07, 6.45) is 3.37. The molecule has 0 aliphatic heterocycles. The Balaban J connectivity index is 1.63. The highest BCUT2D eigenvalue weighted by molar-refractivity contribution is 5.64. The van der Waals surface area contributed by atoms with E-state index in [4.69, 9.17) is 14.6 Å². The first-order valence-electron chi connectivity index (χ1n) is 9.42. The van der Waals surface area contributed by atoms with Crippen molar-refractivity contribution in [2.45, 2.75) is 19.4 Å². The minimum Gasteiger partial charge on any atom is -0.505 e. The normalized spacial score (nSPS) is 10.6. The summed E-state index contributed by atoms with van der Waals surface area (Å²) in [5.74, 6) is -3.89. The lowest BCUT2D eigenvalue weighted by Gasteiger charge is -2.10. The number of unbranched alkanes of at least 4 members (excludes halogenated alkanes) is 1. The third kappa shape index (κ3) is 5.14. The Morgan fingerprint density at radius 2 is 1.53 bits per heavy atom. The number of rotatable bonds is 9. The van der Waals surface area contributed by atoms with Crippen LogP contribution < -0.4 is 9.47 Å². The van der Waals surface area contributed by atoms with Crippen molar-refractivity contribution in [1.29, 1.82) is 0 Å². The zero-order valence-corrected chi connectivity index (χ0v) is 16.2. The molecular weight excluding hydrogens is 393 g/mol. The van der Waals surface area contributed by atoms with Gasteiger partial charge in [-0.25, -0.2) is 4.39 Å². The first kappa shape index (κ1) is 21.3. The van der Waals surface area contributed by atoms with Crippen LogP contribution in [0.2, 0.25) is 0 Å². The third-order valence-electron chi connectivity index (χ3n) is 4.45. The highest BCUT2D eigenvalue weighted by Crippen LogP contribution is 2.28. The second kappa shape index (κ2) is 9.87. The van der Waals surface area contributed by atoms with E-state index in [2.05, 4.69) is 6.58 Å². The predicted octanol–water partition coefficient (Wildman–Crippen LogP) is 6.40. The maximum Gasteiger partial charge on any atom is 0.204 e. The van der Waals surface area contributed by atoms with Gasteiger partial charge in [-0.3, -0.25) is 0 Å². The predicted molar refractivity (Wildman–Crippen MR) is 109 cm³/mol. The molecule has 6 heteroatoms. The number of aromatic hydroxyl groups is 1. The van der Waals surface area contributed by atoms with Gasteiger partial charge in [0.05, 0.1) is 6.61 Å². The summed E-state index contributed by atoms with van der Waals surface area (Å²) < 4.78 is 52.1. The molecule has 0 aliphatic rings. The van der Waals surface area contributed by atoms with E-state index in [1.54, 1.807) is 42.5 Å². The lowest BCUT2D eigenvalue weighted by molar-refractivity contribution is 0.281. The lowest BCUT2D eigenvalue weighted by atomic mass is 10.0. The molecule has 0 heterocycles. The molecule has 0 saturated carbocycles. The smallest absolute Gasteiger partial charge is 0.204 e. The maximum absolute atomic E-state index is 14.3. The molecule has 156 valence electrons. The molecule has 0 radical (unpaired) electrons. The minimum absolute atomic E-state index is 0.00721. The van der Waals surface area contributed by atoms with E-state index in [-0.39, 0.29) is 18.1 Å². The topological polar surface area (TPSA) is 38.7 Å². The lowest BCUT2D eigenvalue weighted by Crippen LogP contribution is -1.99. The molecule has 3 rings (SSSR count). The summed E-state index contributed by atoms with van der Waals surface area (Å²) >= 11 is 0. The highest BCUT2D eigenvalue weighted by Gasteiger charge is 2.14. The van der Waals surface area contributed by atoms with Crippen LogP contribution in [0.3, 0.4) is 0 Å². The molecule has 3 aromatic rings. The number of hydrogen-bond donors (Lipinski definition) is 1. The van der Waals surface area contributed by atoms with Gasteiger partial charge < -0.3 is 14.6 Å². The van der Waals surface area contributed by atoms with Crippen LogP contribution in [0.25, 0.3) is 11.1 Å². The second-order valence-electron chi connectivity index (χ2n) is 6.62. The number of benzene rings is 3. The Morgan fingerprint density at radius 3 is 2.23 bits per heavy atom. The van der Waals surface area contributed by atoms with E-state index in [1.807, 2.05) is 0 Å². The van der Waals surface area contributed by atoms with Crippen LogP contribution in [-0.2, 0) is 6.61 Å². The molecule has 0 unspecified atom stereocenters. The quantitative estimate of drug-likeness (QED) is 0.325. The standard InChI is InChI=1S/C24H21F3O3/c1-2-3-4-13-29-21-11-9-18(14-19(21)25)17-7-5-16(6-8-17)15-30-22-12-10-20(28)23(26)24(22)27/h2,5-12,14,28H,1,3-4,13,15H2. The number of hydrogen-bond acceptors (Lipinski definition) is 3. The van der Waals surface area contributed by atoms with Crippen LogP contribution in [0.15, 0.2) is 67.3 Å². The summed E-state index contributed by atoms with van der Waals surface area (Å²) in [6, 6.07) is 14.0. The van der Waals surface area contributed by atoms with E-state index in [9.17, 15) is 13.2 Å². The van der Waals surface area contributed by atoms with Crippen LogP contribution in [0.4, 0.5) is 13.2 Å². The Bertz CT molecular complexity index is 1020. The van der Waals surface area contributed by atoms with Gasteiger partial charge in [-0.2, -0.15) is 8.78 Å². The molecule has 0 amide bonds. The molecule has 0 fully saturated rings. The minimum atomic E-state index is -1.35. The Morgan fingerprint density at radius 1 is 0.833 bits per heavy atom. The van der Waals surface area contributed by atoms with E-state index < -0.39 is 23.2 Å². The van der Waals surface area contributed by atoms with Gasteiger partial charge in [-0.1, -0.05) is 36.4 Å². The van der Waals surface area contributed by atoms with Crippen LogP contribution >= 0.6 is 0 Å². The van der Waals surface area contributed by atoms with E-state index in [0.717, 1.165) is 30.5 Å². The van der Waals surface area contributed by atoms with Crippen molar-refractivity contribution in [2.75, 3.05) is 6.61 Å². The molecule has 0 aliphatic carbocycles. The monoisotopic (exact) mass is 414 g/mol. The van der Waals surface area contributed by atoms with Crippen molar-refractivity contribution < 1.29 is 27.8 Å². The number of allylic oxidation sites excluding steroid dienone is 1. The molecule has 3 aromatic carbocycles. The highest BCUT2D eigenvalue weighted by atomic mass is 19.2. The van der Waals surface area contributed by atoms with Crippen LogP contribution in [0.1, 0.15) is 18.4 Å². The van der Waals surface area contributed by atoms with Crippen LogP contribution in [0.5, 0.6) is 17.2 Å². The molecule has 0 spiro atoms. The molecule has 0 aromatic heterocycles. The van der Waals surface area contributed by atoms with Gasteiger partial charge in [-0.05, 0) is 53.8 Å². The number of halogens is 3. The van der Waals surface area contributed by atoms with Gasteiger partial charge in [0.2, 0.25) is 11.6 Å². The van der Waals surface area contributed by atoms with Crippen molar-refractivity contribution in [3.8, 4) is 28.4 Å². The fourth-order valence-corrected chi connectivity index (χ4v) is 2.79. The van der Waals surface area contributed by atoms with Crippen LogP contribution in [0, 0.1) is 17.5 Å². The maximum atomic E-state index is 14.3. The van der Waals surface area contributed by atoms with Crippen molar-refractivity contribution >= 4 is 0 Å². The molecule has 1 N–H and O–H groups in total. The van der Waals surface area contributed by atoms with Crippen molar-refractivity contribution in [1.82, 2.24) is 0 Å². The molecule has 0 atom stereocenters. The second-order valence-corrected chi connectivity index (χ2v) is 6.62. The van der Waals surface area contributed by atoms with Crippen molar-refractivity contribution in [2.24, 2.45) is 0 Å². The Hall–Kier alpha value is -3.41. The molecule has 0 bridgehead atoms. The fourth-order valence-electron chi connectivity index (χ4n) is 2.79. The molecular formula is C24H21F3O3. The summed E-state index contributed by atoms with van der Waals surface area (Å²) in [4.78, 5) is 0. The third-order valence-corrected chi connectivity index (χ3v) is 4.45. The average Bonchev–Trinajstić information content (AvgIpc) is 2.76. The summed E-state index contributed by atoms with van der Waals surface area (Å²) in [7, 11) is 0. The summed E-state index contributed by atoms with van der Waals surface area (Å²) in [5.41, 5.74) is 2.19. The van der Waals surface area contributed by atoms with Gasteiger partial charge in [-0.15, -0.1) is 6.58 Å². The number of phenols is 1. The molecule has 30 heavy (non-hydrogen) atoms. The summed E-state index contributed by atoms with van der Waals surface area (Å²) in [6.45, 7) is 4.06. The van der Waals surface area contributed by atoms with Gasteiger partial charge in [0.1, 0.15) is 6.61 Å². The summed E-state index contributed by atoms with van der Waals surface area (Å²) in [5, 5.41) is 9.14. The van der Waals surface area contributed by atoms with Crippen molar-refractivity contribution in [3.05, 3.63) is 90.3 Å². The average molecular weight is 414 g/mol. The fraction of sp³-hybridized carbons (Fsp3) is 0.167. The zero-order chi connectivity index (χ0) is 21.5. The first-order chi connectivity index (χ1) is 14.5. The SMILES string of the molecule is C=CCCCOc1ccc(-c2ccc(COc3ccc(O)c(F)c3F)cc2)cc1F. The molecule has 0 saturated heterocycles. The zero-order valence-electron chi connectivity index (χ0n) is 16.2. The molecule has 3 nitrogen and oxygen atoms in total. The van der Waals surface area contributed by atoms with E-state index >= 15 is 0 Å². The Kier molecular flexibility index (Phi) is 7.01. The van der Waals surface area contributed by atoms with Gasteiger partial charge in [0.15, 0.2) is 23.1 Å². The van der Waals surface area contributed by atoms with Gasteiger partial charge in [0.25, 0.3) is 0 Å². The van der Waals surface area contributed by atoms with Crippen molar-refractivity contribution in [3.63, 3.8) is 0 Å². The van der Waals surface area contributed by atoms with E-state index in [0.29, 0.717) is 17.7 Å². The number of phenolic OH excluding ortho intramolecular Hbond substituents is 1. The van der Waals surface area contributed by atoms with Gasteiger partial charge in [0, 0.05) is 0 Å². The Labute approximate surface area is 173 Å². The largest absolute Gasteiger partial charge is 0.505 e. The van der Waals surface area contributed by atoms with Gasteiger partial charge >= 0.3 is 0 Å². The van der Waals surface area contributed by atoms with E-state index in [1.165, 1.54) is 6.07 Å². The first-order valence-corrected chi connectivity index (χ1v) is 9.42.